The highest BCUT2D eigenvalue weighted by Crippen LogP contribution is 2.15. The Hall–Kier alpha value is -2.30. The maximum atomic E-state index is 11.5. The van der Waals surface area contributed by atoms with Crippen molar-refractivity contribution in [2.75, 3.05) is 6.61 Å². The first kappa shape index (κ1) is 15.8. The number of hydrogen-bond acceptors (Lipinski definition) is 3. The van der Waals surface area contributed by atoms with E-state index >= 15 is 0 Å². The molecule has 0 aliphatic carbocycles. The molecule has 0 radical (unpaired) electrons. The van der Waals surface area contributed by atoms with Crippen LogP contribution in [0.3, 0.4) is 0 Å². The first-order valence-electron chi connectivity index (χ1n) is 6.31. The third-order valence-corrected chi connectivity index (χ3v) is 2.94. The standard InChI is InChI=1S/C15H19NO4/c1-3-11-20-14(19)16-15(2,13(17)18)10-9-12-7-5-4-6-8-12/h3-8H,1,9-11H2,2H3,(H,16,19)(H,17,18). The van der Waals surface area contributed by atoms with Crippen LogP contribution < -0.4 is 5.32 Å². The third-order valence-electron chi connectivity index (χ3n) is 2.94. The topological polar surface area (TPSA) is 75.6 Å². The number of nitrogens with one attached hydrogen (secondary N) is 1. The molecule has 0 aliphatic heterocycles. The number of amides is 1. The van der Waals surface area contributed by atoms with Crippen LogP contribution in [-0.2, 0) is 16.0 Å². The normalized spacial score (nSPS) is 13.1. The lowest BCUT2D eigenvalue weighted by molar-refractivity contribution is -0.144. The number of ether oxygens (including phenoxy) is 1. The van der Waals surface area contributed by atoms with Crippen molar-refractivity contribution in [2.45, 2.75) is 25.3 Å². The monoisotopic (exact) mass is 277 g/mol. The molecule has 5 heteroatoms. The van der Waals surface area contributed by atoms with Gasteiger partial charge in [0, 0.05) is 0 Å². The molecule has 2 N–H and O–H groups in total. The Balaban J connectivity index is 2.64. The molecule has 1 aromatic carbocycles. The van der Waals surface area contributed by atoms with E-state index in [0.717, 1.165) is 5.56 Å². The molecule has 1 rings (SSSR count). The predicted molar refractivity (Wildman–Crippen MR) is 75.5 cm³/mol. The lowest BCUT2D eigenvalue weighted by Gasteiger charge is -2.25. The number of carboxylic acids is 1. The van der Waals surface area contributed by atoms with Crippen LogP contribution in [-0.4, -0.2) is 29.3 Å². The molecule has 1 atom stereocenters. The number of rotatable bonds is 7. The molecule has 0 aliphatic rings. The van der Waals surface area contributed by atoms with Crippen LogP contribution in [0.2, 0.25) is 0 Å². The van der Waals surface area contributed by atoms with Gasteiger partial charge in [0.05, 0.1) is 0 Å². The molecule has 0 saturated heterocycles. The Kier molecular flexibility index (Phi) is 5.77. The van der Waals surface area contributed by atoms with Gasteiger partial charge in [-0.3, -0.25) is 0 Å². The molecule has 0 spiro atoms. The largest absolute Gasteiger partial charge is 0.480 e. The van der Waals surface area contributed by atoms with E-state index in [-0.39, 0.29) is 13.0 Å². The molecule has 0 bridgehead atoms. The Morgan fingerprint density at radius 2 is 2.05 bits per heavy atom. The average Bonchev–Trinajstić information content (AvgIpc) is 2.44. The van der Waals surface area contributed by atoms with E-state index in [1.165, 1.54) is 13.0 Å². The third kappa shape index (κ3) is 4.76. The van der Waals surface area contributed by atoms with Crippen molar-refractivity contribution in [2.24, 2.45) is 0 Å². The highest BCUT2D eigenvalue weighted by atomic mass is 16.5. The minimum atomic E-state index is -1.37. The van der Waals surface area contributed by atoms with Gasteiger partial charge in [0.15, 0.2) is 0 Å². The maximum Gasteiger partial charge on any atom is 0.408 e. The van der Waals surface area contributed by atoms with Crippen molar-refractivity contribution in [3.8, 4) is 0 Å². The predicted octanol–water partition coefficient (Wildman–Crippen LogP) is 2.37. The summed E-state index contributed by atoms with van der Waals surface area (Å²) in [6.45, 7) is 4.93. The van der Waals surface area contributed by atoms with E-state index < -0.39 is 17.6 Å². The molecular weight excluding hydrogens is 258 g/mol. The number of carboxylic acid groups (broad SMARTS) is 1. The van der Waals surface area contributed by atoms with Crippen LogP contribution >= 0.6 is 0 Å². The second-order valence-corrected chi connectivity index (χ2v) is 4.63. The summed E-state index contributed by atoms with van der Waals surface area (Å²) in [6.07, 6.45) is 1.48. The van der Waals surface area contributed by atoms with Crippen molar-refractivity contribution >= 4 is 12.1 Å². The van der Waals surface area contributed by atoms with Gasteiger partial charge in [-0.1, -0.05) is 43.0 Å². The maximum absolute atomic E-state index is 11.5. The molecule has 1 amide bonds. The zero-order chi connectivity index (χ0) is 15.0. The summed E-state index contributed by atoms with van der Waals surface area (Å²) in [6, 6.07) is 9.50. The van der Waals surface area contributed by atoms with E-state index in [0.29, 0.717) is 6.42 Å². The molecule has 0 fully saturated rings. The summed E-state index contributed by atoms with van der Waals surface area (Å²) >= 11 is 0. The molecule has 108 valence electrons. The van der Waals surface area contributed by atoms with Crippen LogP contribution in [0.25, 0.3) is 0 Å². The molecule has 0 aromatic heterocycles. The number of aryl methyl sites for hydroxylation is 1. The molecule has 5 nitrogen and oxygen atoms in total. The Bertz CT molecular complexity index is 472. The Morgan fingerprint density at radius 1 is 1.40 bits per heavy atom. The van der Waals surface area contributed by atoms with E-state index in [1.54, 1.807) is 0 Å². The zero-order valence-electron chi connectivity index (χ0n) is 11.5. The summed E-state index contributed by atoms with van der Waals surface area (Å²) in [5.74, 6) is -1.09. The van der Waals surface area contributed by atoms with Gasteiger partial charge in [-0.25, -0.2) is 9.59 Å². The zero-order valence-corrected chi connectivity index (χ0v) is 11.5. The lowest BCUT2D eigenvalue weighted by Crippen LogP contribution is -2.52. The minimum absolute atomic E-state index is 0.0419. The van der Waals surface area contributed by atoms with Crippen LogP contribution in [0.15, 0.2) is 43.0 Å². The van der Waals surface area contributed by atoms with Crippen molar-refractivity contribution < 1.29 is 19.4 Å². The van der Waals surface area contributed by atoms with Gasteiger partial charge in [-0.15, -0.1) is 0 Å². The second kappa shape index (κ2) is 7.33. The van der Waals surface area contributed by atoms with Crippen molar-refractivity contribution in [3.05, 3.63) is 48.6 Å². The van der Waals surface area contributed by atoms with Crippen LogP contribution in [0.4, 0.5) is 4.79 Å². The van der Waals surface area contributed by atoms with Gasteiger partial charge < -0.3 is 15.2 Å². The SMILES string of the molecule is C=CCOC(=O)NC(C)(CCc1ccccc1)C(=O)O. The van der Waals surface area contributed by atoms with Crippen LogP contribution in [0, 0.1) is 0 Å². The lowest BCUT2D eigenvalue weighted by atomic mass is 9.93. The summed E-state index contributed by atoms with van der Waals surface area (Å²) < 4.78 is 4.76. The number of aliphatic carboxylic acids is 1. The Morgan fingerprint density at radius 3 is 2.60 bits per heavy atom. The summed E-state index contributed by atoms with van der Waals surface area (Å²) in [4.78, 5) is 22.9. The second-order valence-electron chi connectivity index (χ2n) is 4.63. The van der Waals surface area contributed by atoms with E-state index in [4.69, 9.17) is 4.74 Å². The van der Waals surface area contributed by atoms with E-state index in [2.05, 4.69) is 11.9 Å². The van der Waals surface area contributed by atoms with Crippen molar-refractivity contribution in [1.29, 1.82) is 0 Å². The van der Waals surface area contributed by atoms with Gasteiger partial charge in [0.1, 0.15) is 12.1 Å². The summed E-state index contributed by atoms with van der Waals surface area (Å²) in [7, 11) is 0. The average molecular weight is 277 g/mol. The first-order valence-corrected chi connectivity index (χ1v) is 6.31. The van der Waals surface area contributed by atoms with Crippen molar-refractivity contribution in [3.63, 3.8) is 0 Å². The van der Waals surface area contributed by atoms with Crippen molar-refractivity contribution in [1.82, 2.24) is 5.32 Å². The minimum Gasteiger partial charge on any atom is -0.480 e. The fourth-order valence-electron chi connectivity index (χ4n) is 1.66. The molecule has 0 heterocycles. The fourth-order valence-corrected chi connectivity index (χ4v) is 1.66. The number of benzene rings is 1. The summed E-state index contributed by atoms with van der Waals surface area (Å²) in [5.41, 5.74) is -0.352. The van der Waals surface area contributed by atoms with Gasteiger partial charge in [-0.05, 0) is 25.3 Å². The quantitative estimate of drug-likeness (QED) is 0.750. The van der Waals surface area contributed by atoms with E-state index in [9.17, 15) is 14.7 Å². The molecule has 1 aromatic rings. The molecule has 1 unspecified atom stereocenters. The molecule has 0 saturated carbocycles. The van der Waals surface area contributed by atoms with Gasteiger partial charge in [0.2, 0.25) is 0 Å². The first-order chi connectivity index (χ1) is 9.48. The van der Waals surface area contributed by atoms with Gasteiger partial charge in [-0.2, -0.15) is 0 Å². The number of carbonyl (C=O) groups is 2. The molecular formula is C15H19NO4. The van der Waals surface area contributed by atoms with Crippen LogP contribution in [0.1, 0.15) is 18.9 Å². The number of alkyl carbamates (subject to hydrolysis) is 1. The van der Waals surface area contributed by atoms with Gasteiger partial charge in [0.25, 0.3) is 0 Å². The smallest absolute Gasteiger partial charge is 0.408 e. The van der Waals surface area contributed by atoms with Gasteiger partial charge >= 0.3 is 12.1 Å². The van der Waals surface area contributed by atoms with Crippen LogP contribution in [0.5, 0.6) is 0 Å². The molecule has 20 heavy (non-hydrogen) atoms. The number of hydrogen-bond donors (Lipinski definition) is 2. The van der Waals surface area contributed by atoms with E-state index in [1.807, 2.05) is 30.3 Å². The number of carbonyl (C=O) groups excluding carboxylic acids is 1. The highest BCUT2D eigenvalue weighted by molar-refractivity contribution is 5.83. The Labute approximate surface area is 118 Å². The highest BCUT2D eigenvalue weighted by Gasteiger charge is 2.35. The fraction of sp³-hybridized carbons (Fsp3) is 0.333. The summed E-state index contributed by atoms with van der Waals surface area (Å²) in [5, 5.41) is 11.7.